The van der Waals surface area contributed by atoms with Gasteiger partial charge < -0.3 is 0 Å². The van der Waals surface area contributed by atoms with Gasteiger partial charge in [-0.2, -0.15) is 0 Å². The fourth-order valence-electron chi connectivity index (χ4n) is 3.79. The first-order valence-corrected chi connectivity index (χ1v) is 11.4. The average molecular weight is 422 g/mol. The standard InChI is InChI=1S/C27H23N3S/c1-20-8-7-13-25(16-20)30-26(18-21-9-3-2-4-10-21)28-29-27(30)31-19-22-14-15-23-11-5-6-12-24(23)17-22/h2-17H,18-19H2,1H3. The van der Waals surface area contributed by atoms with Gasteiger partial charge in [-0.3, -0.25) is 4.57 Å². The van der Waals surface area contributed by atoms with Gasteiger partial charge in [0.15, 0.2) is 5.16 Å². The molecule has 0 bridgehead atoms. The summed E-state index contributed by atoms with van der Waals surface area (Å²) < 4.78 is 2.20. The molecular weight excluding hydrogens is 398 g/mol. The van der Waals surface area contributed by atoms with E-state index in [9.17, 15) is 0 Å². The lowest BCUT2D eigenvalue weighted by molar-refractivity contribution is 0.846. The third-order valence-electron chi connectivity index (χ3n) is 5.35. The lowest BCUT2D eigenvalue weighted by atomic mass is 10.1. The van der Waals surface area contributed by atoms with Crippen molar-refractivity contribution in [3.63, 3.8) is 0 Å². The van der Waals surface area contributed by atoms with E-state index in [1.807, 2.05) is 6.07 Å². The second-order valence-corrected chi connectivity index (χ2v) is 8.65. The molecule has 0 aliphatic heterocycles. The molecule has 4 heteroatoms. The molecule has 0 aliphatic rings. The van der Waals surface area contributed by atoms with Crippen LogP contribution in [0.25, 0.3) is 16.5 Å². The van der Waals surface area contributed by atoms with Crippen molar-refractivity contribution in [3.8, 4) is 5.69 Å². The topological polar surface area (TPSA) is 30.7 Å². The number of fused-ring (bicyclic) bond motifs is 1. The molecule has 3 nitrogen and oxygen atoms in total. The summed E-state index contributed by atoms with van der Waals surface area (Å²) in [6.07, 6.45) is 0.748. The van der Waals surface area contributed by atoms with Crippen molar-refractivity contribution in [2.45, 2.75) is 24.3 Å². The SMILES string of the molecule is Cc1cccc(-n2c(Cc3ccccc3)nnc2SCc2ccc3ccccc3c2)c1. The summed E-state index contributed by atoms with van der Waals surface area (Å²) in [5.74, 6) is 1.80. The Morgan fingerprint density at radius 2 is 1.52 bits per heavy atom. The molecule has 0 N–H and O–H groups in total. The second kappa shape index (κ2) is 8.78. The number of hydrogen-bond acceptors (Lipinski definition) is 3. The van der Waals surface area contributed by atoms with Gasteiger partial charge >= 0.3 is 0 Å². The van der Waals surface area contributed by atoms with Gasteiger partial charge in [0, 0.05) is 17.9 Å². The van der Waals surface area contributed by atoms with Crippen molar-refractivity contribution < 1.29 is 0 Å². The van der Waals surface area contributed by atoms with Gasteiger partial charge in [0.05, 0.1) is 0 Å². The molecule has 4 aromatic carbocycles. The quantitative estimate of drug-likeness (QED) is 0.289. The van der Waals surface area contributed by atoms with Gasteiger partial charge in [0.2, 0.25) is 0 Å². The molecule has 0 amide bonds. The number of aromatic nitrogens is 3. The summed E-state index contributed by atoms with van der Waals surface area (Å²) in [5, 5.41) is 12.6. The lowest BCUT2D eigenvalue weighted by Gasteiger charge is -2.11. The average Bonchev–Trinajstić information content (AvgIpc) is 3.20. The number of benzene rings is 4. The predicted molar refractivity (Wildman–Crippen MR) is 129 cm³/mol. The highest BCUT2D eigenvalue weighted by Gasteiger charge is 2.15. The van der Waals surface area contributed by atoms with Crippen LogP contribution in [0.4, 0.5) is 0 Å². The molecule has 0 fully saturated rings. The van der Waals surface area contributed by atoms with Crippen LogP contribution in [0.5, 0.6) is 0 Å². The Bertz CT molecular complexity index is 1320. The molecule has 0 saturated carbocycles. The number of aryl methyl sites for hydroxylation is 1. The smallest absolute Gasteiger partial charge is 0.196 e. The predicted octanol–water partition coefficient (Wildman–Crippen LogP) is 6.61. The van der Waals surface area contributed by atoms with Crippen molar-refractivity contribution in [1.82, 2.24) is 14.8 Å². The first-order valence-electron chi connectivity index (χ1n) is 10.4. The molecule has 152 valence electrons. The number of thioether (sulfide) groups is 1. The van der Waals surface area contributed by atoms with Gasteiger partial charge in [-0.05, 0) is 46.5 Å². The van der Waals surface area contributed by atoms with E-state index in [-0.39, 0.29) is 0 Å². The van der Waals surface area contributed by atoms with Crippen LogP contribution in [0.3, 0.4) is 0 Å². The van der Waals surface area contributed by atoms with E-state index in [1.165, 1.54) is 27.5 Å². The molecular formula is C27H23N3S. The third kappa shape index (κ3) is 4.39. The molecule has 0 unspecified atom stereocenters. The first-order chi connectivity index (χ1) is 15.3. The highest BCUT2D eigenvalue weighted by molar-refractivity contribution is 7.98. The minimum Gasteiger partial charge on any atom is -0.274 e. The molecule has 1 heterocycles. The summed E-state index contributed by atoms with van der Waals surface area (Å²) in [5.41, 5.74) is 4.85. The Labute approximate surface area is 186 Å². The van der Waals surface area contributed by atoms with Gasteiger partial charge in [0.25, 0.3) is 0 Å². The van der Waals surface area contributed by atoms with Crippen molar-refractivity contribution in [2.24, 2.45) is 0 Å². The van der Waals surface area contributed by atoms with Gasteiger partial charge in [-0.25, -0.2) is 0 Å². The molecule has 5 aromatic rings. The maximum atomic E-state index is 4.57. The summed E-state index contributed by atoms with van der Waals surface area (Å²) >= 11 is 1.73. The summed E-state index contributed by atoms with van der Waals surface area (Å²) in [4.78, 5) is 0. The van der Waals surface area contributed by atoms with Crippen LogP contribution in [0, 0.1) is 6.92 Å². The van der Waals surface area contributed by atoms with Crippen molar-refractivity contribution >= 4 is 22.5 Å². The van der Waals surface area contributed by atoms with Crippen molar-refractivity contribution in [1.29, 1.82) is 0 Å². The van der Waals surface area contributed by atoms with E-state index in [4.69, 9.17) is 0 Å². The molecule has 0 radical (unpaired) electrons. The molecule has 0 atom stereocenters. The molecule has 0 spiro atoms. The molecule has 31 heavy (non-hydrogen) atoms. The number of rotatable bonds is 6. The van der Waals surface area contributed by atoms with Crippen LogP contribution < -0.4 is 0 Å². The van der Waals surface area contributed by atoms with Crippen LogP contribution in [-0.2, 0) is 12.2 Å². The zero-order valence-corrected chi connectivity index (χ0v) is 18.2. The van der Waals surface area contributed by atoms with Crippen molar-refractivity contribution in [2.75, 3.05) is 0 Å². The molecule has 0 aliphatic carbocycles. The highest BCUT2D eigenvalue weighted by atomic mass is 32.2. The van der Waals surface area contributed by atoms with Crippen LogP contribution in [0.1, 0.15) is 22.5 Å². The van der Waals surface area contributed by atoms with E-state index >= 15 is 0 Å². The maximum absolute atomic E-state index is 4.57. The minimum atomic E-state index is 0.748. The number of nitrogens with zero attached hydrogens (tertiary/aromatic N) is 3. The van der Waals surface area contributed by atoms with Gasteiger partial charge in [-0.15, -0.1) is 10.2 Å². The zero-order valence-electron chi connectivity index (χ0n) is 17.4. The minimum absolute atomic E-state index is 0.748. The summed E-state index contributed by atoms with van der Waals surface area (Å²) in [7, 11) is 0. The largest absolute Gasteiger partial charge is 0.274 e. The van der Waals surface area contributed by atoms with Crippen LogP contribution in [0.2, 0.25) is 0 Å². The third-order valence-corrected chi connectivity index (χ3v) is 6.35. The zero-order chi connectivity index (χ0) is 21.0. The first kappa shape index (κ1) is 19.6. The Morgan fingerprint density at radius 3 is 2.35 bits per heavy atom. The van der Waals surface area contributed by atoms with E-state index in [0.29, 0.717) is 0 Å². The Hall–Kier alpha value is -3.37. The molecule has 5 rings (SSSR count). The van der Waals surface area contributed by atoms with E-state index in [1.54, 1.807) is 11.8 Å². The monoisotopic (exact) mass is 421 g/mol. The van der Waals surface area contributed by atoms with Crippen LogP contribution in [-0.4, -0.2) is 14.8 Å². The Kier molecular flexibility index (Phi) is 5.55. The van der Waals surface area contributed by atoms with Crippen LogP contribution in [0.15, 0.2) is 102 Å². The van der Waals surface area contributed by atoms with Gasteiger partial charge in [-0.1, -0.05) is 96.7 Å². The summed E-state index contributed by atoms with van der Waals surface area (Å²) in [6, 6.07) is 34.1. The highest BCUT2D eigenvalue weighted by Crippen LogP contribution is 2.28. The van der Waals surface area contributed by atoms with Crippen LogP contribution >= 0.6 is 11.8 Å². The second-order valence-electron chi connectivity index (χ2n) is 7.71. The fraction of sp³-hybridized carbons (Fsp3) is 0.111. The fourth-order valence-corrected chi connectivity index (χ4v) is 4.70. The normalized spacial score (nSPS) is 11.1. The van der Waals surface area contributed by atoms with Gasteiger partial charge in [0.1, 0.15) is 5.82 Å². The Morgan fingerprint density at radius 1 is 0.710 bits per heavy atom. The maximum Gasteiger partial charge on any atom is 0.196 e. The lowest BCUT2D eigenvalue weighted by Crippen LogP contribution is -2.04. The number of hydrogen-bond donors (Lipinski definition) is 0. The Balaban J connectivity index is 1.47. The van der Waals surface area contributed by atoms with E-state index in [2.05, 4.69) is 113 Å². The molecule has 1 aromatic heterocycles. The molecule has 0 saturated heterocycles. The van der Waals surface area contributed by atoms with E-state index < -0.39 is 0 Å². The summed E-state index contributed by atoms with van der Waals surface area (Å²) in [6.45, 7) is 2.12. The van der Waals surface area contributed by atoms with E-state index in [0.717, 1.165) is 28.8 Å². The van der Waals surface area contributed by atoms with Crippen molar-refractivity contribution in [3.05, 3.63) is 120 Å².